The van der Waals surface area contributed by atoms with Crippen molar-refractivity contribution in [2.75, 3.05) is 13.1 Å². The minimum atomic E-state index is -0.398. The molecule has 9 heteroatoms. The van der Waals surface area contributed by atoms with Gasteiger partial charge in [0.15, 0.2) is 0 Å². The second-order valence-electron chi connectivity index (χ2n) is 6.93. The highest BCUT2D eigenvalue weighted by Crippen LogP contribution is 2.27. The van der Waals surface area contributed by atoms with E-state index in [4.69, 9.17) is 22.1 Å². The molecular formula is C19H24ClN5O3. The third-order valence-electron chi connectivity index (χ3n) is 4.81. The molecule has 2 atom stereocenters. The molecule has 28 heavy (non-hydrogen) atoms. The Morgan fingerprint density at radius 2 is 2.21 bits per heavy atom. The number of amides is 2. The van der Waals surface area contributed by atoms with Crippen molar-refractivity contribution in [1.82, 2.24) is 19.7 Å². The number of ether oxygens (including phenoxy) is 1. The maximum atomic E-state index is 12.6. The number of likely N-dealkylation sites (tertiary alicyclic amines) is 1. The van der Waals surface area contributed by atoms with E-state index in [2.05, 4.69) is 10.1 Å². The van der Waals surface area contributed by atoms with Crippen molar-refractivity contribution < 1.29 is 14.3 Å². The van der Waals surface area contributed by atoms with Gasteiger partial charge in [0.05, 0.1) is 0 Å². The highest BCUT2D eigenvalue weighted by atomic mass is 35.5. The summed E-state index contributed by atoms with van der Waals surface area (Å²) in [5.74, 6) is 0.171. The normalized spacial score (nSPS) is 19.4. The van der Waals surface area contributed by atoms with Crippen molar-refractivity contribution in [2.45, 2.75) is 38.3 Å². The van der Waals surface area contributed by atoms with Gasteiger partial charge >= 0.3 is 0 Å². The number of piperidine rings is 1. The van der Waals surface area contributed by atoms with Crippen LogP contribution in [0.5, 0.6) is 5.75 Å². The molecule has 1 aliphatic rings. The minimum Gasteiger partial charge on any atom is -0.490 e. The zero-order valence-corrected chi connectivity index (χ0v) is 16.3. The molecule has 2 heterocycles. The quantitative estimate of drug-likeness (QED) is 0.722. The van der Waals surface area contributed by atoms with Gasteiger partial charge in [-0.1, -0.05) is 17.7 Å². The summed E-state index contributed by atoms with van der Waals surface area (Å²) in [4.78, 5) is 29.8. The third kappa shape index (κ3) is 5.69. The van der Waals surface area contributed by atoms with Gasteiger partial charge in [-0.25, -0.2) is 4.98 Å². The van der Waals surface area contributed by atoms with Crippen molar-refractivity contribution in [3.05, 3.63) is 41.9 Å². The average molecular weight is 406 g/mol. The molecule has 1 aliphatic heterocycles. The Labute approximate surface area is 168 Å². The lowest BCUT2D eigenvalue weighted by Crippen LogP contribution is -2.49. The summed E-state index contributed by atoms with van der Waals surface area (Å²) in [6.07, 6.45) is 4.83. The number of benzene rings is 1. The van der Waals surface area contributed by atoms with Gasteiger partial charge in [-0.2, -0.15) is 5.10 Å². The molecule has 2 aromatic rings. The van der Waals surface area contributed by atoms with Crippen LogP contribution in [0.25, 0.3) is 0 Å². The Morgan fingerprint density at radius 3 is 2.93 bits per heavy atom. The molecule has 1 aromatic carbocycles. The van der Waals surface area contributed by atoms with E-state index < -0.39 is 5.91 Å². The van der Waals surface area contributed by atoms with Crippen LogP contribution in [-0.2, 0) is 16.1 Å². The molecule has 0 unspecified atom stereocenters. The number of rotatable bonds is 8. The number of nitrogens with zero attached hydrogens (tertiary/aromatic N) is 4. The first-order valence-corrected chi connectivity index (χ1v) is 9.70. The number of carbonyl (C=O) groups excluding carboxylic acids is 2. The number of hydrogen-bond acceptors (Lipinski definition) is 5. The van der Waals surface area contributed by atoms with Crippen molar-refractivity contribution >= 4 is 23.4 Å². The first-order valence-electron chi connectivity index (χ1n) is 9.32. The van der Waals surface area contributed by atoms with E-state index in [-0.39, 0.29) is 24.3 Å². The van der Waals surface area contributed by atoms with Crippen LogP contribution in [0, 0.1) is 5.92 Å². The van der Waals surface area contributed by atoms with E-state index in [9.17, 15) is 9.59 Å². The standard InChI is InChI=1S/C19H24ClN5O3/c20-15-3-1-4-16(10-15)28-17-6-8-24(11-14(17)9-18(21)26)19(27)5-2-7-25-13-22-12-23-25/h1,3-4,10,12-14,17H,2,5-9,11H2,(H2,21,26)/t14-,17-/m0/s1. The summed E-state index contributed by atoms with van der Waals surface area (Å²) in [5, 5.41) is 4.62. The van der Waals surface area contributed by atoms with Gasteiger partial charge in [0.25, 0.3) is 0 Å². The second-order valence-corrected chi connectivity index (χ2v) is 7.37. The van der Waals surface area contributed by atoms with E-state index in [1.807, 2.05) is 12.1 Å². The predicted molar refractivity (Wildman–Crippen MR) is 104 cm³/mol. The van der Waals surface area contributed by atoms with Crippen LogP contribution in [0.1, 0.15) is 25.7 Å². The summed E-state index contributed by atoms with van der Waals surface area (Å²) >= 11 is 6.02. The van der Waals surface area contributed by atoms with E-state index >= 15 is 0 Å². The van der Waals surface area contributed by atoms with E-state index in [0.717, 1.165) is 0 Å². The van der Waals surface area contributed by atoms with Crippen molar-refractivity contribution in [1.29, 1.82) is 0 Å². The van der Waals surface area contributed by atoms with Crippen LogP contribution < -0.4 is 10.5 Å². The van der Waals surface area contributed by atoms with E-state index in [0.29, 0.717) is 49.7 Å². The summed E-state index contributed by atoms with van der Waals surface area (Å²) in [7, 11) is 0. The number of hydrogen-bond donors (Lipinski definition) is 1. The highest BCUT2D eigenvalue weighted by molar-refractivity contribution is 6.30. The Morgan fingerprint density at radius 1 is 1.36 bits per heavy atom. The molecular weight excluding hydrogens is 382 g/mol. The average Bonchev–Trinajstić information content (AvgIpc) is 3.16. The van der Waals surface area contributed by atoms with Crippen molar-refractivity contribution in [3.63, 3.8) is 0 Å². The Bertz CT molecular complexity index is 799. The Balaban J connectivity index is 1.56. The van der Waals surface area contributed by atoms with E-state index in [1.54, 1.807) is 28.0 Å². The largest absolute Gasteiger partial charge is 0.490 e. The summed E-state index contributed by atoms with van der Waals surface area (Å²) in [5.41, 5.74) is 5.42. The monoisotopic (exact) mass is 405 g/mol. The lowest BCUT2D eigenvalue weighted by molar-refractivity contribution is -0.136. The SMILES string of the molecule is NC(=O)C[C@H]1CN(C(=O)CCCn2cncn2)CC[C@@H]1Oc1cccc(Cl)c1. The van der Waals surface area contributed by atoms with Crippen LogP contribution in [0.15, 0.2) is 36.9 Å². The molecule has 0 aliphatic carbocycles. The van der Waals surface area contributed by atoms with Gasteiger partial charge in [-0.3, -0.25) is 14.3 Å². The molecule has 0 radical (unpaired) electrons. The Kier molecular flexibility index (Phi) is 6.86. The first kappa shape index (κ1) is 20.1. The molecule has 0 saturated carbocycles. The number of carbonyl (C=O) groups is 2. The smallest absolute Gasteiger partial charge is 0.222 e. The Hall–Kier alpha value is -2.61. The first-order chi connectivity index (χ1) is 13.5. The second kappa shape index (κ2) is 9.54. The van der Waals surface area contributed by atoms with Gasteiger partial charge in [0.1, 0.15) is 24.5 Å². The molecule has 0 bridgehead atoms. The zero-order valence-electron chi connectivity index (χ0n) is 15.5. The van der Waals surface area contributed by atoms with Gasteiger partial charge in [0, 0.05) is 49.8 Å². The number of aromatic nitrogens is 3. The van der Waals surface area contributed by atoms with Gasteiger partial charge in [-0.15, -0.1) is 0 Å². The highest BCUT2D eigenvalue weighted by Gasteiger charge is 2.33. The molecule has 1 aromatic heterocycles. The van der Waals surface area contributed by atoms with Gasteiger partial charge in [0.2, 0.25) is 11.8 Å². The number of aryl methyl sites for hydroxylation is 1. The molecule has 3 rings (SSSR count). The molecule has 1 fully saturated rings. The fourth-order valence-electron chi connectivity index (χ4n) is 3.46. The molecule has 0 spiro atoms. The lowest BCUT2D eigenvalue weighted by atomic mass is 9.91. The summed E-state index contributed by atoms with van der Waals surface area (Å²) in [6.45, 7) is 1.68. The fourth-order valence-corrected chi connectivity index (χ4v) is 3.64. The van der Waals surface area contributed by atoms with Crippen molar-refractivity contribution in [2.24, 2.45) is 11.7 Å². The van der Waals surface area contributed by atoms with Crippen LogP contribution >= 0.6 is 11.6 Å². The fraction of sp³-hybridized carbons (Fsp3) is 0.474. The van der Waals surface area contributed by atoms with Crippen molar-refractivity contribution in [3.8, 4) is 5.75 Å². The molecule has 2 amide bonds. The number of nitrogens with two attached hydrogens (primary N) is 1. The van der Waals surface area contributed by atoms with Crippen LogP contribution in [0.2, 0.25) is 5.02 Å². The lowest BCUT2D eigenvalue weighted by Gasteiger charge is -2.38. The zero-order chi connectivity index (χ0) is 19.9. The number of primary amides is 1. The predicted octanol–water partition coefficient (Wildman–Crippen LogP) is 1.88. The van der Waals surface area contributed by atoms with E-state index in [1.165, 1.54) is 6.33 Å². The van der Waals surface area contributed by atoms with Gasteiger partial charge < -0.3 is 15.4 Å². The summed E-state index contributed by atoms with van der Waals surface area (Å²) < 4.78 is 7.76. The maximum absolute atomic E-state index is 12.6. The minimum absolute atomic E-state index is 0.0655. The molecule has 150 valence electrons. The number of halogens is 1. The summed E-state index contributed by atoms with van der Waals surface area (Å²) in [6, 6.07) is 7.16. The molecule has 1 saturated heterocycles. The van der Waals surface area contributed by atoms with Crippen LogP contribution in [0.4, 0.5) is 0 Å². The molecule has 8 nitrogen and oxygen atoms in total. The maximum Gasteiger partial charge on any atom is 0.222 e. The topological polar surface area (TPSA) is 103 Å². The van der Waals surface area contributed by atoms with Crippen LogP contribution in [0.3, 0.4) is 0 Å². The molecule has 2 N–H and O–H groups in total. The third-order valence-corrected chi connectivity index (χ3v) is 5.04. The van der Waals surface area contributed by atoms with Gasteiger partial charge in [-0.05, 0) is 24.6 Å². The van der Waals surface area contributed by atoms with Crippen LogP contribution in [-0.4, -0.2) is 50.7 Å².